The van der Waals surface area contributed by atoms with E-state index in [1.807, 2.05) is 0 Å². The molecule has 27 heavy (non-hydrogen) atoms. The Labute approximate surface area is 164 Å². The Morgan fingerprint density at radius 1 is 0.852 bits per heavy atom. The molecule has 0 bridgehead atoms. The van der Waals surface area contributed by atoms with Gasteiger partial charge in [0.1, 0.15) is 0 Å². The van der Waals surface area contributed by atoms with Gasteiger partial charge in [-0.1, -0.05) is 38.0 Å². The van der Waals surface area contributed by atoms with Crippen molar-refractivity contribution in [2.45, 2.75) is 89.9 Å². The molecular formula is C25H36F2. The summed E-state index contributed by atoms with van der Waals surface area (Å²) in [6.07, 6.45) is 20.5. The van der Waals surface area contributed by atoms with Crippen LogP contribution in [0, 0.1) is 29.4 Å². The Kier molecular flexibility index (Phi) is 7.91. The molecule has 0 N–H and O–H groups in total. The quantitative estimate of drug-likeness (QED) is 0.422. The van der Waals surface area contributed by atoms with Crippen molar-refractivity contribution in [3.63, 3.8) is 0 Å². The fourth-order valence-electron chi connectivity index (χ4n) is 5.25. The molecule has 3 rings (SSSR count). The summed E-state index contributed by atoms with van der Waals surface area (Å²) in [5.74, 6) is 1.58. The summed E-state index contributed by atoms with van der Waals surface area (Å²) < 4.78 is 26.6. The van der Waals surface area contributed by atoms with E-state index in [-0.39, 0.29) is 0 Å². The molecule has 2 saturated carbocycles. The van der Waals surface area contributed by atoms with Crippen LogP contribution < -0.4 is 0 Å². The minimum absolute atomic E-state index is 0.408. The zero-order valence-corrected chi connectivity index (χ0v) is 16.9. The van der Waals surface area contributed by atoms with Gasteiger partial charge in [0.2, 0.25) is 0 Å². The van der Waals surface area contributed by atoms with Crippen LogP contribution in [0.4, 0.5) is 8.78 Å². The third-order valence-electron chi connectivity index (χ3n) is 7.00. The van der Waals surface area contributed by atoms with Crippen molar-refractivity contribution in [3.05, 3.63) is 47.5 Å². The highest BCUT2D eigenvalue weighted by atomic mass is 19.2. The molecule has 150 valence electrons. The number of allylic oxidation sites excluding steroid dienone is 2. The lowest BCUT2D eigenvalue weighted by atomic mass is 9.77. The standard InChI is InChI=1S/C25H36F2/c1-2-5-19-8-10-20(11-9-19)6-3-4-7-21-12-14-22(15-13-21)23-16-17-24(26)25(27)18-23/h3,6,16-22H,2,4-5,7-15H2,1H3/b6-3+. The summed E-state index contributed by atoms with van der Waals surface area (Å²) in [6, 6.07) is 4.44. The third kappa shape index (κ3) is 6.16. The minimum Gasteiger partial charge on any atom is -0.204 e. The lowest BCUT2D eigenvalue weighted by molar-refractivity contribution is 0.293. The molecule has 2 aliphatic carbocycles. The summed E-state index contributed by atoms with van der Waals surface area (Å²) in [4.78, 5) is 0. The maximum atomic E-state index is 13.4. The van der Waals surface area contributed by atoms with Crippen molar-refractivity contribution in [2.24, 2.45) is 17.8 Å². The molecule has 2 fully saturated rings. The van der Waals surface area contributed by atoms with Crippen LogP contribution in [-0.2, 0) is 0 Å². The molecule has 0 saturated heterocycles. The molecular weight excluding hydrogens is 338 g/mol. The van der Waals surface area contributed by atoms with Crippen LogP contribution >= 0.6 is 0 Å². The maximum absolute atomic E-state index is 13.4. The van der Waals surface area contributed by atoms with E-state index < -0.39 is 11.6 Å². The highest BCUT2D eigenvalue weighted by molar-refractivity contribution is 5.22. The first-order chi connectivity index (χ1) is 13.2. The van der Waals surface area contributed by atoms with E-state index in [2.05, 4.69) is 19.1 Å². The Morgan fingerprint density at radius 3 is 2.19 bits per heavy atom. The highest BCUT2D eigenvalue weighted by Crippen LogP contribution is 2.38. The van der Waals surface area contributed by atoms with Crippen LogP contribution in [0.25, 0.3) is 0 Å². The van der Waals surface area contributed by atoms with Gasteiger partial charge < -0.3 is 0 Å². The highest BCUT2D eigenvalue weighted by Gasteiger charge is 2.23. The average molecular weight is 375 g/mol. The predicted molar refractivity (Wildman–Crippen MR) is 110 cm³/mol. The van der Waals surface area contributed by atoms with Crippen molar-refractivity contribution < 1.29 is 8.78 Å². The zero-order valence-electron chi connectivity index (χ0n) is 16.9. The van der Waals surface area contributed by atoms with Crippen molar-refractivity contribution >= 4 is 0 Å². The molecule has 0 amide bonds. The van der Waals surface area contributed by atoms with Gasteiger partial charge in [-0.15, -0.1) is 0 Å². The summed E-state index contributed by atoms with van der Waals surface area (Å²) >= 11 is 0. The first-order valence-corrected chi connectivity index (χ1v) is 11.3. The SMILES string of the molecule is CCCC1CCC(/C=C/CCC2CCC(c3ccc(F)c(F)c3)CC2)CC1. The molecule has 0 radical (unpaired) electrons. The molecule has 0 heterocycles. The third-order valence-corrected chi connectivity index (χ3v) is 7.00. The van der Waals surface area contributed by atoms with Gasteiger partial charge in [0.25, 0.3) is 0 Å². The van der Waals surface area contributed by atoms with Gasteiger partial charge >= 0.3 is 0 Å². The lowest BCUT2D eigenvalue weighted by Gasteiger charge is -2.29. The number of benzene rings is 1. The number of halogens is 2. The minimum atomic E-state index is -0.738. The van der Waals surface area contributed by atoms with E-state index in [1.165, 1.54) is 76.3 Å². The van der Waals surface area contributed by atoms with Crippen molar-refractivity contribution in [2.75, 3.05) is 0 Å². The number of hydrogen-bond acceptors (Lipinski definition) is 0. The fourth-order valence-corrected chi connectivity index (χ4v) is 5.25. The van der Waals surface area contributed by atoms with Crippen LogP contribution in [0.15, 0.2) is 30.4 Å². The molecule has 0 aliphatic heterocycles. The first-order valence-electron chi connectivity index (χ1n) is 11.3. The van der Waals surface area contributed by atoms with E-state index >= 15 is 0 Å². The van der Waals surface area contributed by atoms with Crippen LogP contribution in [0.5, 0.6) is 0 Å². The van der Waals surface area contributed by atoms with E-state index in [4.69, 9.17) is 0 Å². The largest absolute Gasteiger partial charge is 0.204 e. The summed E-state index contributed by atoms with van der Waals surface area (Å²) in [6.45, 7) is 2.30. The molecule has 1 aromatic rings. The second-order valence-electron chi connectivity index (χ2n) is 8.97. The van der Waals surface area contributed by atoms with Gasteiger partial charge in [0, 0.05) is 0 Å². The molecule has 1 aromatic carbocycles. The zero-order chi connectivity index (χ0) is 19.1. The van der Waals surface area contributed by atoms with Crippen LogP contribution in [0.3, 0.4) is 0 Å². The summed E-state index contributed by atoms with van der Waals surface area (Å²) in [7, 11) is 0. The van der Waals surface area contributed by atoms with E-state index in [1.54, 1.807) is 6.07 Å². The van der Waals surface area contributed by atoms with Crippen LogP contribution in [0.1, 0.15) is 95.5 Å². The average Bonchev–Trinajstić information content (AvgIpc) is 2.69. The topological polar surface area (TPSA) is 0 Å². The van der Waals surface area contributed by atoms with Gasteiger partial charge in [-0.05, 0) is 106 Å². The molecule has 0 unspecified atom stereocenters. The first kappa shape index (κ1) is 20.6. The summed E-state index contributed by atoms with van der Waals surface area (Å²) in [5.41, 5.74) is 0.978. The second kappa shape index (κ2) is 10.4. The van der Waals surface area contributed by atoms with Crippen LogP contribution in [0.2, 0.25) is 0 Å². The van der Waals surface area contributed by atoms with Gasteiger partial charge in [0.05, 0.1) is 0 Å². The predicted octanol–water partition coefficient (Wildman–Crippen LogP) is 8.18. The van der Waals surface area contributed by atoms with E-state index in [0.717, 1.165) is 36.2 Å². The second-order valence-corrected chi connectivity index (χ2v) is 8.97. The van der Waals surface area contributed by atoms with Gasteiger partial charge in [-0.2, -0.15) is 0 Å². The van der Waals surface area contributed by atoms with Crippen molar-refractivity contribution in [1.29, 1.82) is 0 Å². The van der Waals surface area contributed by atoms with Crippen LogP contribution in [-0.4, -0.2) is 0 Å². The molecule has 2 heteroatoms. The van der Waals surface area contributed by atoms with E-state index in [0.29, 0.717) is 5.92 Å². The Balaban J connectivity index is 1.33. The van der Waals surface area contributed by atoms with Gasteiger partial charge in [0.15, 0.2) is 11.6 Å². The summed E-state index contributed by atoms with van der Waals surface area (Å²) in [5, 5.41) is 0. The lowest BCUT2D eigenvalue weighted by Crippen LogP contribution is -2.14. The molecule has 0 nitrogen and oxygen atoms in total. The van der Waals surface area contributed by atoms with Crippen molar-refractivity contribution in [1.82, 2.24) is 0 Å². The van der Waals surface area contributed by atoms with Gasteiger partial charge in [-0.3, -0.25) is 0 Å². The Bertz CT molecular complexity index is 590. The molecule has 2 aliphatic rings. The van der Waals surface area contributed by atoms with Crippen molar-refractivity contribution in [3.8, 4) is 0 Å². The monoisotopic (exact) mass is 374 g/mol. The Morgan fingerprint density at radius 2 is 1.52 bits per heavy atom. The molecule has 0 spiro atoms. The van der Waals surface area contributed by atoms with E-state index in [9.17, 15) is 8.78 Å². The maximum Gasteiger partial charge on any atom is 0.159 e. The number of hydrogen-bond donors (Lipinski definition) is 0. The molecule has 0 aromatic heterocycles. The fraction of sp³-hybridized carbons (Fsp3) is 0.680. The van der Waals surface area contributed by atoms with Gasteiger partial charge in [-0.25, -0.2) is 8.78 Å². The Hall–Kier alpha value is -1.18. The smallest absolute Gasteiger partial charge is 0.159 e. The molecule has 0 atom stereocenters. The normalized spacial score (nSPS) is 29.3. The number of rotatable bonds is 7.